The van der Waals surface area contributed by atoms with Crippen molar-refractivity contribution in [2.45, 2.75) is 44.7 Å². The summed E-state index contributed by atoms with van der Waals surface area (Å²) in [5.41, 5.74) is 2.17. The number of benzene rings is 2. The molecule has 0 spiro atoms. The van der Waals surface area contributed by atoms with Gasteiger partial charge in [0.1, 0.15) is 12.0 Å². The topological polar surface area (TPSA) is 82.5 Å². The number of hydrogen-bond acceptors (Lipinski definition) is 4. The van der Waals surface area contributed by atoms with Gasteiger partial charge in [-0.15, -0.1) is 0 Å². The average molecular weight is 646 g/mol. The van der Waals surface area contributed by atoms with Gasteiger partial charge in [0.2, 0.25) is 0 Å². The molecule has 1 saturated heterocycles. The maximum absolute atomic E-state index is 14.2. The predicted molar refractivity (Wildman–Crippen MR) is 154 cm³/mol. The van der Waals surface area contributed by atoms with E-state index in [-0.39, 0.29) is 41.9 Å². The zero-order chi connectivity index (χ0) is 27.6. The molecule has 0 aliphatic carbocycles. The van der Waals surface area contributed by atoms with E-state index in [4.69, 9.17) is 39.8 Å². The van der Waals surface area contributed by atoms with E-state index in [9.17, 15) is 19.1 Å². The third kappa shape index (κ3) is 6.36. The van der Waals surface area contributed by atoms with Crippen LogP contribution in [-0.2, 0) is 4.79 Å². The van der Waals surface area contributed by atoms with Gasteiger partial charge in [-0.3, -0.25) is 9.59 Å². The first-order valence-electron chi connectivity index (χ1n) is 12.2. The molecule has 2 unspecified atom stereocenters. The Bertz CT molecular complexity index is 1390. The number of aromatic nitrogens is 1. The number of hydrogen-bond donors (Lipinski definition) is 2. The van der Waals surface area contributed by atoms with E-state index in [1.165, 1.54) is 0 Å². The Hall–Kier alpha value is -2.13. The molecule has 0 radical (unpaired) electrons. The Morgan fingerprint density at radius 1 is 1.24 bits per heavy atom. The third-order valence-corrected chi connectivity index (χ3v) is 8.40. The Balaban J connectivity index is 1.71. The van der Waals surface area contributed by atoms with Crippen LogP contribution in [0.5, 0.6) is 0 Å². The predicted octanol–water partition coefficient (Wildman–Crippen LogP) is 7.58. The van der Waals surface area contributed by atoms with Gasteiger partial charge in [-0.25, -0.2) is 9.37 Å². The van der Waals surface area contributed by atoms with Gasteiger partial charge in [0, 0.05) is 45.9 Å². The smallest absolute Gasteiger partial charge is 0.303 e. The lowest BCUT2D eigenvalue weighted by Crippen LogP contribution is -2.38. The minimum absolute atomic E-state index is 0.0781. The van der Waals surface area contributed by atoms with E-state index in [0.717, 1.165) is 4.47 Å². The minimum Gasteiger partial charge on any atom is -0.481 e. The summed E-state index contributed by atoms with van der Waals surface area (Å²) >= 11 is 22.6. The molecule has 1 aliphatic heterocycles. The van der Waals surface area contributed by atoms with Crippen molar-refractivity contribution in [1.29, 1.82) is 0 Å². The molecule has 1 aliphatic rings. The van der Waals surface area contributed by atoms with Crippen LogP contribution in [0.1, 0.15) is 53.1 Å². The molecule has 38 heavy (non-hydrogen) atoms. The molecule has 202 valence electrons. The summed E-state index contributed by atoms with van der Waals surface area (Å²) in [6.45, 7) is 2.77. The number of fused-ring (bicyclic) bond motifs is 1. The molecule has 11 heteroatoms. The standard InChI is InChI=1S/C27H26BrCl3FN3O3/c1-14-23(18-11-16(28)5-8-21(18)34-26(14)35-10-2-3-17(32)13-35)27(38)33-12-15(4-9-22(36)37)24-19(29)6-7-20(30)25(24)31/h5-8,11,15,17H,2-4,9-10,12-13H2,1H3,(H,33,38)(H,36,37). The second-order valence-electron chi connectivity index (χ2n) is 9.38. The van der Waals surface area contributed by atoms with Crippen LogP contribution in [0.25, 0.3) is 10.9 Å². The lowest BCUT2D eigenvalue weighted by atomic mass is 9.93. The van der Waals surface area contributed by atoms with Gasteiger partial charge in [0.05, 0.1) is 27.7 Å². The highest BCUT2D eigenvalue weighted by Gasteiger charge is 2.27. The number of alkyl halides is 1. The largest absolute Gasteiger partial charge is 0.481 e. The summed E-state index contributed by atoms with van der Waals surface area (Å²) in [5, 5.41) is 13.7. The maximum Gasteiger partial charge on any atom is 0.303 e. The van der Waals surface area contributed by atoms with Crippen molar-refractivity contribution in [2.75, 3.05) is 24.5 Å². The number of carboxylic acids is 1. The molecule has 2 N–H and O–H groups in total. The number of nitrogens with one attached hydrogen (secondary N) is 1. The fourth-order valence-corrected chi connectivity index (χ4v) is 6.11. The van der Waals surface area contributed by atoms with Crippen molar-refractivity contribution < 1.29 is 19.1 Å². The van der Waals surface area contributed by atoms with E-state index in [0.29, 0.717) is 57.8 Å². The van der Waals surface area contributed by atoms with Gasteiger partial charge in [0.25, 0.3) is 5.91 Å². The third-order valence-electron chi connectivity index (χ3n) is 6.76. The number of piperidine rings is 1. The minimum atomic E-state index is -0.978. The van der Waals surface area contributed by atoms with Crippen molar-refractivity contribution in [3.63, 3.8) is 0 Å². The van der Waals surface area contributed by atoms with E-state index in [1.807, 2.05) is 30.0 Å². The molecule has 1 aromatic heterocycles. The second kappa shape index (κ2) is 12.4. The molecule has 3 aromatic rings. The van der Waals surface area contributed by atoms with Gasteiger partial charge in [-0.2, -0.15) is 0 Å². The molecule has 0 bridgehead atoms. The highest BCUT2D eigenvalue weighted by molar-refractivity contribution is 9.10. The number of amides is 1. The van der Waals surface area contributed by atoms with Crippen molar-refractivity contribution in [2.24, 2.45) is 0 Å². The highest BCUT2D eigenvalue weighted by atomic mass is 79.9. The second-order valence-corrected chi connectivity index (χ2v) is 11.5. The number of rotatable bonds is 8. The van der Waals surface area contributed by atoms with Gasteiger partial charge in [-0.05, 0) is 62.1 Å². The number of halogens is 5. The number of aliphatic carboxylic acids is 1. The van der Waals surface area contributed by atoms with Crippen LogP contribution in [0.4, 0.5) is 10.2 Å². The summed E-state index contributed by atoms with van der Waals surface area (Å²) in [5.74, 6) is -1.26. The molecule has 1 fully saturated rings. The normalized spacial score (nSPS) is 16.5. The van der Waals surface area contributed by atoms with Crippen molar-refractivity contribution in [3.05, 3.63) is 66.6 Å². The van der Waals surface area contributed by atoms with E-state index >= 15 is 0 Å². The number of anilines is 1. The first kappa shape index (κ1) is 28.9. The van der Waals surface area contributed by atoms with Crippen LogP contribution >= 0.6 is 50.7 Å². The fraction of sp³-hybridized carbons (Fsp3) is 0.370. The Morgan fingerprint density at radius 2 is 1.97 bits per heavy atom. The van der Waals surface area contributed by atoms with Crippen LogP contribution in [-0.4, -0.2) is 47.8 Å². The molecule has 0 saturated carbocycles. The quantitative estimate of drug-likeness (QED) is 0.247. The lowest BCUT2D eigenvalue weighted by Gasteiger charge is -2.32. The summed E-state index contributed by atoms with van der Waals surface area (Å²) in [7, 11) is 0. The van der Waals surface area contributed by atoms with E-state index in [2.05, 4.69) is 21.2 Å². The Labute approximate surface area is 243 Å². The van der Waals surface area contributed by atoms with Crippen molar-refractivity contribution in [3.8, 4) is 0 Å². The van der Waals surface area contributed by atoms with E-state index < -0.39 is 18.1 Å². The number of carbonyl (C=O) groups excluding carboxylic acids is 1. The monoisotopic (exact) mass is 643 g/mol. The van der Waals surface area contributed by atoms with Gasteiger partial charge >= 0.3 is 5.97 Å². The zero-order valence-electron chi connectivity index (χ0n) is 20.5. The number of nitrogens with zero attached hydrogens (tertiary/aromatic N) is 2. The SMILES string of the molecule is Cc1c(N2CCCC(F)C2)nc2ccc(Br)cc2c1C(=O)NCC(CCC(=O)O)c1c(Cl)ccc(Cl)c1Cl. The summed E-state index contributed by atoms with van der Waals surface area (Å²) < 4.78 is 15.0. The number of carboxylic acid groups (broad SMARTS) is 1. The van der Waals surface area contributed by atoms with Crippen LogP contribution < -0.4 is 10.2 Å². The molecular formula is C27H26BrCl3FN3O3. The number of carbonyl (C=O) groups is 2. The van der Waals surface area contributed by atoms with Crippen LogP contribution in [0.15, 0.2) is 34.8 Å². The molecule has 2 aromatic carbocycles. The van der Waals surface area contributed by atoms with Crippen molar-refractivity contribution in [1.82, 2.24) is 10.3 Å². The van der Waals surface area contributed by atoms with Crippen molar-refractivity contribution >= 4 is 79.3 Å². The molecular weight excluding hydrogens is 620 g/mol. The molecule has 6 nitrogen and oxygen atoms in total. The summed E-state index contributed by atoms with van der Waals surface area (Å²) in [6, 6.07) is 8.65. The van der Waals surface area contributed by atoms with Gasteiger partial charge < -0.3 is 15.3 Å². The lowest BCUT2D eigenvalue weighted by molar-refractivity contribution is -0.137. The Kier molecular flexibility index (Phi) is 9.40. The van der Waals surface area contributed by atoms with Gasteiger partial charge in [0.15, 0.2) is 0 Å². The van der Waals surface area contributed by atoms with Crippen LogP contribution in [0.2, 0.25) is 15.1 Å². The molecule has 1 amide bonds. The average Bonchev–Trinajstić information content (AvgIpc) is 2.87. The summed E-state index contributed by atoms with van der Waals surface area (Å²) in [4.78, 5) is 31.8. The summed E-state index contributed by atoms with van der Waals surface area (Å²) in [6.07, 6.45) is 0.302. The zero-order valence-corrected chi connectivity index (χ0v) is 24.4. The van der Waals surface area contributed by atoms with Crippen LogP contribution in [0, 0.1) is 6.92 Å². The Morgan fingerprint density at radius 3 is 2.68 bits per heavy atom. The van der Waals surface area contributed by atoms with Gasteiger partial charge in [-0.1, -0.05) is 50.7 Å². The molecule has 4 rings (SSSR count). The molecule has 2 heterocycles. The number of pyridine rings is 1. The van der Waals surface area contributed by atoms with E-state index in [1.54, 1.807) is 12.1 Å². The van der Waals surface area contributed by atoms with Crippen LogP contribution in [0.3, 0.4) is 0 Å². The first-order chi connectivity index (χ1) is 18.1. The first-order valence-corrected chi connectivity index (χ1v) is 14.1. The maximum atomic E-state index is 14.2. The fourth-order valence-electron chi connectivity index (χ4n) is 4.90. The highest BCUT2D eigenvalue weighted by Crippen LogP contribution is 2.38. The molecule has 2 atom stereocenters.